The summed E-state index contributed by atoms with van der Waals surface area (Å²) in [6.45, 7) is 9.29. The molecule has 1 aliphatic rings. The van der Waals surface area contributed by atoms with E-state index >= 15 is 0 Å². The first-order valence-electron chi connectivity index (χ1n) is 7.07. The molecule has 1 saturated heterocycles. The molecule has 1 amide bonds. The zero-order chi connectivity index (χ0) is 14.8. The number of ether oxygens (including phenoxy) is 1. The van der Waals surface area contributed by atoms with Crippen LogP contribution < -0.4 is 11.1 Å². The summed E-state index contributed by atoms with van der Waals surface area (Å²) >= 11 is 1.57. The number of thiophene rings is 1. The standard InChI is InChI=1S/C15H24N2O2S/c1-15(2,3)13-10(4-5-19-13)7-17-8-12-6-11(9-20-12)14(16)18/h6,9-10,13,17H,4-5,7-8H2,1-3H3,(H2,16,18)/t10-,13+/m1/s1. The van der Waals surface area contributed by atoms with Gasteiger partial charge < -0.3 is 15.8 Å². The van der Waals surface area contributed by atoms with Crippen molar-refractivity contribution in [1.29, 1.82) is 0 Å². The van der Waals surface area contributed by atoms with Gasteiger partial charge in [0, 0.05) is 35.9 Å². The van der Waals surface area contributed by atoms with Gasteiger partial charge in [-0.05, 0) is 17.9 Å². The van der Waals surface area contributed by atoms with E-state index in [9.17, 15) is 4.79 Å². The lowest BCUT2D eigenvalue weighted by atomic mass is 9.81. The van der Waals surface area contributed by atoms with Gasteiger partial charge in [-0.15, -0.1) is 11.3 Å². The third-order valence-electron chi connectivity index (χ3n) is 3.71. The third kappa shape index (κ3) is 3.81. The van der Waals surface area contributed by atoms with Gasteiger partial charge in [-0.2, -0.15) is 0 Å². The Morgan fingerprint density at radius 1 is 1.55 bits per heavy atom. The van der Waals surface area contributed by atoms with Crippen LogP contribution in [0.4, 0.5) is 0 Å². The van der Waals surface area contributed by atoms with Crippen LogP contribution in [0.3, 0.4) is 0 Å². The Bertz CT molecular complexity index is 465. The van der Waals surface area contributed by atoms with E-state index in [1.165, 1.54) is 0 Å². The second kappa shape index (κ2) is 6.24. The average molecular weight is 296 g/mol. The van der Waals surface area contributed by atoms with Crippen LogP contribution in [-0.2, 0) is 11.3 Å². The highest BCUT2D eigenvalue weighted by molar-refractivity contribution is 7.10. The lowest BCUT2D eigenvalue weighted by molar-refractivity contribution is 0.00722. The number of hydrogen-bond donors (Lipinski definition) is 2. The fourth-order valence-electron chi connectivity index (χ4n) is 2.78. The number of rotatable bonds is 5. The van der Waals surface area contributed by atoms with Gasteiger partial charge >= 0.3 is 0 Å². The molecule has 0 radical (unpaired) electrons. The van der Waals surface area contributed by atoms with E-state index in [4.69, 9.17) is 10.5 Å². The lowest BCUT2D eigenvalue weighted by Crippen LogP contribution is -2.36. The predicted octanol–water partition coefficient (Wildman–Crippen LogP) is 2.39. The minimum Gasteiger partial charge on any atom is -0.377 e. The summed E-state index contributed by atoms with van der Waals surface area (Å²) in [5.74, 6) is 0.204. The van der Waals surface area contributed by atoms with Crippen molar-refractivity contribution >= 4 is 17.2 Å². The highest BCUT2D eigenvalue weighted by Crippen LogP contribution is 2.34. The summed E-state index contributed by atoms with van der Waals surface area (Å²) in [6, 6.07) is 1.87. The molecular weight excluding hydrogens is 272 g/mol. The van der Waals surface area contributed by atoms with E-state index in [0.717, 1.165) is 31.0 Å². The summed E-state index contributed by atoms with van der Waals surface area (Å²) < 4.78 is 5.87. The van der Waals surface area contributed by atoms with Gasteiger partial charge in [0.1, 0.15) is 0 Å². The molecule has 0 aromatic carbocycles. The molecule has 2 atom stereocenters. The first-order chi connectivity index (χ1) is 9.38. The van der Waals surface area contributed by atoms with Crippen LogP contribution >= 0.6 is 11.3 Å². The molecule has 2 heterocycles. The third-order valence-corrected chi connectivity index (χ3v) is 4.65. The Balaban J connectivity index is 1.81. The van der Waals surface area contributed by atoms with E-state index in [1.807, 2.05) is 11.4 Å². The maximum Gasteiger partial charge on any atom is 0.249 e. The highest BCUT2D eigenvalue weighted by Gasteiger charge is 2.36. The molecule has 3 N–H and O–H groups in total. The van der Waals surface area contributed by atoms with Crippen LogP contribution in [0.5, 0.6) is 0 Å². The zero-order valence-electron chi connectivity index (χ0n) is 12.4. The Morgan fingerprint density at radius 3 is 2.90 bits per heavy atom. The number of hydrogen-bond acceptors (Lipinski definition) is 4. The largest absolute Gasteiger partial charge is 0.377 e. The van der Waals surface area contributed by atoms with Crippen LogP contribution in [0, 0.1) is 11.3 Å². The normalized spacial score (nSPS) is 23.1. The van der Waals surface area contributed by atoms with Crippen LogP contribution in [0.1, 0.15) is 42.4 Å². The molecule has 1 fully saturated rings. The van der Waals surface area contributed by atoms with Crippen LogP contribution in [0.2, 0.25) is 0 Å². The topological polar surface area (TPSA) is 64.3 Å². The van der Waals surface area contributed by atoms with Crippen molar-refractivity contribution in [2.24, 2.45) is 17.1 Å². The Hall–Kier alpha value is -0.910. The van der Waals surface area contributed by atoms with Gasteiger partial charge in [-0.25, -0.2) is 0 Å². The predicted molar refractivity (Wildman–Crippen MR) is 81.8 cm³/mol. The van der Waals surface area contributed by atoms with Crippen molar-refractivity contribution in [3.63, 3.8) is 0 Å². The fourth-order valence-corrected chi connectivity index (χ4v) is 3.63. The van der Waals surface area contributed by atoms with Crippen LogP contribution in [0.15, 0.2) is 11.4 Å². The SMILES string of the molecule is CC(C)(C)[C@H]1OCC[C@@H]1CNCc1cc(C(N)=O)cs1. The molecule has 0 unspecified atom stereocenters. The van der Waals surface area contributed by atoms with E-state index in [0.29, 0.717) is 17.6 Å². The van der Waals surface area contributed by atoms with Crippen molar-refractivity contribution in [1.82, 2.24) is 5.32 Å². The van der Waals surface area contributed by atoms with Crippen molar-refractivity contribution in [2.75, 3.05) is 13.2 Å². The molecule has 4 nitrogen and oxygen atoms in total. The molecule has 0 saturated carbocycles. The van der Waals surface area contributed by atoms with Crippen LogP contribution in [0.25, 0.3) is 0 Å². The van der Waals surface area contributed by atoms with Crippen molar-refractivity contribution in [3.05, 3.63) is 21.9 Å². The van der Waals surface area contributed by atoms with Gasteiger partial charge in [-0.3, -0.25) is 4.79 Å². The van der Waals surface area contributed by atoms with Crippen LogP contribution in [-0.4, -0.2) is 25.2 Å². The average Bonchev–Trinajstić information content (AvgIpc) is 2.96. The Kier molecular flexibility index (Phi) is 4.83. The summed E-state index contributed by atoms with van der Waals surface area (Å²) in [5, 5.41) is 5.29. The first kappa shape index (κ1) is 15.5. The van der Waals surface area contributed by atoms with Gasteiger partial charge in [0.05, 0.1) is 11.7 Å². The maximum atomic E-state index is 11.0. The summed E-state index contributed by atoms with van der Waals surface area (Å²) in [6.07, 6.45) is 1.44. The number of carbonyl (C=O) groups is 1. The number of carbonyl (C=O) groups excluding carboxylic acids is 1. The molecule has 112 valence electrons. The van der Waals surface area contributed by atoms with Crippen molar-refractivity contribution in [2.45, 2.75) is 39.8 Å². The van der Waals surface area contributed by atoms with E-state index in [2.05, 4.69) is 26.1 Å². The molecule has 1 aromatic heterocycles. The fraction of sp³-hybridized carbons (Fsp3) is 0.667. The monoisotopic (exact) mass is 296 g/mol. The Morgan fingerprint density at radius 2 is 2.30 bits per heavy atom. The number of amides is 1. The minimum absolute atomic E-state index is 0.185. The smallest absolute Gasteiger partial charge is 0.249 e. The molecule has 1 aromatic rings. The number of nitrogens with one attached hydrogen (secondary N) is 1. The van der Waals surface area contributed by atoms with Crippen molar-refractivity contribution < 1.29 is 9.53 Å². The van der Waals surface area contributed by atoms with Gasteiger partial charge in [0.25, 0.3) is 0 Å². The van der Waals surface area contributed by atoms with E-state index in [1.54, 1.807) is 11.3 Å². The summed E-state index contributed by atoms with van der Waals surface area (Å²) in [5.41, 5.74) is 6.04. The van der Waals surface area contributed by atoms with E-state index < -0.39 is 0 Å². The lowest BCUT2D eigenvalue weighted by Gasteiger charge is -2.31. The highest BCUT2D eigenvalue weighted by atomic mass is 32.1. The zero-order valence-corrected chi connectivity index (χ0v) is 13.3. The quantitative estimate of drug-likeness (QED) is 0.877. The first-order valence-corrected chi connectivity index (χ1v) is 7.95. The van der Waals surface area contributed by atoms with Gasteiger partial charge in [0.15, 0.2) is 0 Å². The molecular formula is C15H24N2O2S. The summed E-state index contributed by atoms with van der Waals surface area (Å²) in [4.78, 5) is 12.2. The molecule has 1 aliphatic heterocycles. The van der Waals surface area contributed by atoms with Gasteiger partial charge in [0.2, 0.25) is 5.91 Å². The minimum atomic E-state index is -0.357. The Labute approximate surface area is 124 Å². The van der Waals surface area contributed by atoms with Crippen molar-refractivity contribution in [3.8, 4) is 0 Å². The van der Waals surface area contributed by atoms with E-state index in [-0.39, 0.29) is 11.3 Å². The van der Waals surface area contributed by atoms with Gasteiger partial charge in [-0.1, -0.05) is 20.8 Å². The molecule has 2 rings (SSSR count). The molecule has 0 bridgehead atoms. The maximum absolute atomic E-state index is 11.0. The molecule has 0 aliphatic carbocycles. The molecule has 0 spiro atoms. The second-order valence-electron chi connectivity index (χ2n) is 6.50. The number of primary amides is 1. The summed E-state index contributed by atoms with van der Waals surface area (Å²) in [7, 11) is 0. The second-order valence-corrected chi connectivity index (χ2v) is 7.50. The molecule has 5 heteroatoms. The number of nitrogens with two attached hydrogens (primary N) is 1. The molecule has 20 heavy (non-hydrogen) atoms.